The number of fused-ring (bicyclic) bond motifs is 1. The number of ether oxygens (including phenoxy) is 2. The van der Waals surface area contributed by atoms with Crippen molar-refractivity contribution in [2.24, 2.45) is 0 Å². The third kappa shape index (κ3) is 5.36. The molecule has 1 heterocycles. The zero-order valence-corrected chi connectivity index (χ0v) is 16.1. The Bertz CT molecular complexity index is 646. The van der Waals surface area contributed by atoms with Crippen molar-refractivity contribution in [2.45, 2.75) is 26.8 Å². The quantitative estimate of drug-likeness (QED) is 0.747. The molecule has 7 heteroatoms. The molecule has 7 nitrogen and oxygen atoms in total. The van der Waals surface area contributed by atoms with Gasteiger partial charge < -0.3 is 19.7 Å². The fraction of sp³-hybridized carbons (Fsp3) is 0.579. The van der Waals surface area contributed by atoms with E-state index in [0.29, 0.717) is 19.8 Å². The van der Waals surface area contributed by atoms with Crippen molar-refractivity contribution < 1.29 is 19.1 Å². The van der Waals surface area contributed by atoms with Crippen LogP contribution in [-0.2, 0) is 22.6 Å². The van der Waals surface area contributed by atoms with E-state index in [1.54, 1.807) is 14.1 Å². The second-order valence-corrected chi connectivity index (χ2v) is 6.46. The minimum atomic E-state index is -0.139. The third-order valence-electron chi connectivity index (χ3n) is 4.26. The first-order valence-corrected chi connectivity index (χ1v) is 9.05. The van der Waals surface area contributed by atoms with E-state index in [9.17, 15) is 9.59 Å². The van der Waals surface area contributed by atoms with E-state index in [-0.39, 0.29) is 24.9 Å². The highest BCUT2D eigenvalue weighted by atomic mass is 16.5. The van der Waals surface area contributed by atoms with E-state index in [1.165, 1.54) is 10.5 Å². The topological polar surface area (TPSA) is 71.1 Å². The van der Waals surface area contributed by atoms with Crippen LogP contribution in [0, 0.1) is 0 Å². The fourth-order valence-electron chi connectivity index (χ4n) is 2.89. The van der Waals surface area contributed by atoms with Crippen LogP contribution >= 0.6 is 0 Å². The highest BCUT2D eigenvalue weighted by Crippen LogP contribution is 2.33. The van der Waals surface area contributed by atoms with Crippen LogP contribution < -0.4 is 14.8 Å². The molecule has 0 aliphatic carbocycles. The SMILES string of the molecule is CCOc1cc2c(cc1OCC)CN(CC(=O)NCC(=O)N(C)C)CC2. The highest BCUT2D eigenvalue weighted by molar-refractivity contribution is 5.85. The number of carbonyl (C=O) groups is 2. The number of benzene rings is 1. The Morgan fingerprint density at radius 2 is 1.73 bits per heavy atom. The van der Waals surface area contributed by atoms with Crippen LogP contribution in [0.15, 0.2) is 12.1 Å². The lowest BCUT2D eigenvalue weighted by Gasteiger charge is -2.29. The van der Waals surface area contributed by atoms with Gasteiger partial charge in [0, 0.05) is 27.2 Å². The van der Waals surface area contributed by atoms with Gasteiger partial charge in [0.25, 0.3) is 0 Å². The van der Waals surface area contributed by atoms with Crippen LogP contribution in [0.1, 0.15) is 25.0 Å². The number of rotatable bonds is 8. The van der Waals surface area contributed by atoms with Gasteiger partial charge in [-0.3, -0.25) is 14.5 Å². The van der Waals surface area contributed by atoms with Crippen molar-refractivity contribution in [3.63, 3.8) is 0 Å². The van der Waals surface area contributed by atoms with E-state index in [1.807, 2.05) is 19.9 Å². The molecule has 1 aromatic rings. The maximum absolute atomic E-state index is 12.1. The van der Waals surface area contributed by atoms with Gasteiger partial charge in [0.15, 0.2) is 11.5 Å². The molecule has 0 fully saturated rings. The first-order valence-electron chi connectivity index (χ1n) is 9.05. The van der Waals surface area contributed by atoms with Gasteiger partial charge in [-0.25, -0.2) is 0 Å². The average Bonchev–Trinajstić information content (AvgIpc) is 2.60. The molecule has 2 rings (SSSR count). The zero-order chi connectivity index (χ0) is 19.1. The van der Waals surface area contributed by atoms with E-state index >= 15 is 0 Å². The largest absolute Gasteiger partial charge is 0.490 e. The summed E-state index contributed by atoms with van der Waals surface area (Å²) in [5, 5.41) is 2.68. The predicted molar refractivity (Wildman–Crippen MR) is 99.5 cm³/mol. The second-order valence-electron chi connectivity index (χ2n) is 6.46. The van der Waals surface area contributed by atoms with E-state index in [2.05, 4.69) is 16.3 Å². The van der Waals surface area contributed by atoms with Gasteiger partial charge in [-0.1, -0.05) is 0 Å². The molecule has 26 heavy (non-hydrogen) atoms. The minimum Gasteiger partial charge on any atom is -0.490 e. The summed E-state index contributed by atoms with van der Waals surface area (Å²) in [4.78, 5) is 27.2. The predicted octanol–water partition coefficient (Wildman–Crippen LogP) is 1.05. The Morgan fingerprint density at radius 3 is 2.31 bits per heavy atom. The lowest BCUT2D eigenvalue weighted by Crippen LogP contribution is -2.43. The van der Waals surface area contributed by atoms with E-state index in [4.69, 9.17) is 9.47 Å². The molecular weight excluding hydrogens is 334 g/mol. The minimum absolute atomic E-state index is 0.0302. The molecule has 1 aromatic carbocycles. The van der Waals surface area contributed by atoms with Crippen LogP contribution in [0.5, 0.6) is 11.5 Å². The lowest BCUT2D eigenvalue weighted by atomic mass is 9.99. The maximum atomic E-state index is 12.1. The Morgan fingerprint density at radius 1 is 1.12 bits per heavy atom. The number of hydrogen-bond donors (Lipinski definition) is 1. The number of likely N-dealkylation sites (N-methyl/N-ethyl adjacent to an activating group) is 1. The Kier molecular flexibility index (Phi) is 7.26. The standard InChI is InChI=1S/C19H29N3O4/c1-5-25-16-9-14-7-8-22(12-15(14)10-17(16)26-6-2)13-18(23)20-11-19(24)21(3)4/h9-10H,5-8,11-13H2,1-4H3,(H,20,23). The van der Waals surface area contributed by atoms with Gasteiger partial charge in [-0.2, -0.15) is 0 Å². The number of hydrogen-bond acceptors (Lipinski definition) is 5. The van der Waals surface area contributed by atoms with Crippen LogP contribution in [0.2, 0.25) is 0 Å². The normalized spacial score (nSPS) is 13.7. The summed E-state index contributed by atoms with van der Waals surface area (Å²) in [6.45, 7) is 6.84. The molecule has 2 amide bonds. The molecule has 0 saturated carbocycles. The summed E-state index contributed by atoms with van der Waals surface area (Å²) < 4.78 is 11.4. The molecule has 144 valence electrons. The molecule has 0 bridgehead atoms. The third-order valence-corrected chi connectivity index (χ3v) is 4.26. The summed E-state index contributed by atoms with van der Waals surface area (Å²) in [7, 11) is 3.34. The van der Waals surface area contributed by atoms with Crippen molar-refractivity contribution >= 4 is 11.8 Å². The lowest BCUT2D eigenvalue weighted by molar-refractivity contribution is -0.131. The van der Waals surface area contributed by atoms with Crippen molar-refractivity contribution in [3.8, 4) is 11.5 Å². The molecule has 0 radical (unpaired) electrons. The molecular formula is C19H29N3O4. The number of amides is 2. The summed E-state index contributed by atoms with van der Waals surface area (Å²) in [5.41, 5.74) is 2.39. The fourth-order valence-corrected chi connectivity index (χ4v) is 2.89. The molecule has 1 aliphatic rings. The smallest absolute Gasteiger partial charge is 0.241 e. The van der Waals surface area contributed by atoms with E-state index < -0.39 is 0 Å². The van der Waals surface area contributed by atoms with E-state index in [0.717, 1.165) is 30.0 Å². The Labute approximate surface area is 155 Å². The molecule has 1 N–H and O–H groups in total. The molecule has 1 aliphatic heterocycles. The first kappa shape index (κ1) is 20.0. The van der Waals surface area contributed by atoms with Gasteiger partial charge >= 0.3 is 0 Å². The van der Waals surface area contributed by atoms with Crippen LogP contribution in [0.25, 0.3) is 0 Å². The van der Waals surface area contributed by atoms with Crippen LogP contribution in [0.4, 0.5) is 0 Å². The second kappa shape index (κ2) is 9.43. The molecule has 0 spiro atoms. The molecule has 0 aromatic heterocycles. The summed E-state index contributed by atoms with van der Waals surface area (Å²) in [6, 6.07) is 4.07. The maximum Gasteiger partial charge on any atom is 0.241 e. The van der Waals surface area contributed by atoms with Crippen molar-refractivity contribution in [2.75, 3.05) is 46.9 Å². The van der Waals surface area contributed by atoms with Crippen LogP contribution in [-0.4, -0.2) is 68.6 Å². The number of carbonyl (C=O) groups excluding carboxylic acids is 2. The average molecular weight is 363 g/mol. The van der Waals surface area contributed by atoms with Crippen molar-refractivity contribution in [1.29, 1.82) is 0 Å². The molecule has 0 atom stereocenters. The number of nitrogens with zero attached hydrogens (tertiary/aromatic N) is 2. The number of nitrogens with one attached hydrogen (secondary N) is 1. The van der Waals surface area contributed by atoms with Gasteiger partial charge in [-0.15, -0.1) is 0 Å². The Hall–Kier alpha value is -2.28. The van der Waals surface area contributed by atoms with Gasteiger partial charge in [0.2, 0.25) is 11.8 Å². The van der Waals surface area contributed by atoms with Gasteiger partial charge in [0.1, 0.15) is 0 Å². The molecule has 0 saturated heterocycles. The van der Waals surface area contributed by atoms with Crippen molar-refractivity contribution in [1.82, 2.24) is 15.1 Å². The van der Waals surface area contributed by atoms with Crippen LogP contribution in [0.3, 0.4) is 0 Å². The van der Waals surface area contributed by atoms with Gasteiger partial charge in [-0.05, 0) is 43.5 Å². The summed E-state index contributed by atoms with van der Waals surface area (Å²) in [6.07, 6.45) is 0.853. The van der Waals surface area contributed by atoms with Crippen molar-refractivity contribution in [3.05, 3.63) is 23.3 Å². The highest BCUT2D eigenvalue weighted by Gasteiger charge is 2.21. The Balaban J connectivity index is 1.98. The first-order chi connectivity index (χ1) is 12.4. The van der Waals surface area contributed by atoms with Gasteiger partial charge in [0.05, 0.1) is 26.3 Å². The summed E-state index contributed by atoms with van der Waals surface area (Å²) in [5.74, 6) is 1.27. The summed E-state index contributed by atoms with van der Waals surface area (Å²) >= 11 is 0. The molecule has 0 unspecified atom stereocenters. The monoisotopic (exact) mass is 363 g/mol. The zero-order valence-electron chi connectivity index (χ0n) is 16.1.